The summed E-state index contributed by atoms with van der Waals surface area (Å²) in [5.41, 5.74) is 5.91. The lowest BCUT2D eigenvalue weighted by atomic mass is 9.97. The van der Waals surface area contributed by atoms with Gasteiger partial charge in [-0.1, -0.05) is 31.7 Å². The fourth-order valence-electron chi connectivity index (χ4n) is 3.97. The van der Waals surface area contributed by atoms with Crippen LogP contribution in [0.5, 0.6) is 0 Å². The minimum atomic E-state index is -3.56. The predicted molar refractivity (Wildman–Crippen MR) is 101 cm³/mol. The Labute approximate surface area is 156 Å². The molecular weight excluding hydrogens is 350 g/mol. The van der Waals surface area contributed by atoms with Gasteiger partial charge in [0.2, 0.25) is 10.0 Å². The molecule has 0 spiro atoms. The standard InChI is InChI=1S/C19H29N3O3S/c20-15-19(10-3-4-11-19)21-18(23)16-8-7-9-17(14-16)26(24,25)22-12-5-1-2-6-13-22/h7-9,14H,1-6,10-13,15,20H2,(H,21,23). The molecule has 0 radical (unpaired) electrons. The van der Waals surface area contributed by atoms with Crippen LogP contribution in [0.1, 0.15) is 61.7 Å². The molecule has 7 heteroatoms. The second-order valence-electron chi connectivity index (χ2n) is 7.49. The number of benzene rings is 1. The molecule has 0 bridgehead atoms. The number of rotatable bonds is 5. The van der Waals surface area contributed by atoms with Gasteiger partial charge in [-0.2, -0.15) is 4.31 Å². The van der Waals surface area contributed by atoms with Crippen LogP contribution in [0.25, 0.3) is 0 Å². The number of hydrogen-bond donors (Lipinski definition) is 2. The summed E-state index contributed by atoms with van der Waals surface area (Å²) >= 11 is 0. The molecule has 0 unspecified atom stereocenters. The van der Waals surface area contributed by atoms with Gasteiger partial charge in [0, 0.05) is 25.2 Å². The van der Waals surface area contributed by atoms with Crippen LogP contribution >= 0.6 is 0 Å². The molecule has 2 aliphatic rings. The molecular formula is C19H29N3O3S. The number of carbonyl (C=O) groups is 1. The smallest absolute Gasteiger partial charge is 0.251 e. The van der Waals surface area contributed by atoms with Gasteiger partial charge in [-0.3, -0.25) is 4.79 Å². The fourth-order valence-corrected chi connectivity index (χ4v) is 5.54. The summed E-state index contributed by atoms with van der Waals surface area (Å²) in [6.45, 7) is 1.51. The van der Waals surface area contributed by atoms with Gasteiger partial charge in [0.15, 0.2) is 0 Å². The van der Waals surface area contributed by atoms with Crippen molar-refractivity contribution in [1.82, 2.24) is 9.62 Å². The molecule has 3 N–H and O–H groups in total. The van der Waals surface area contributed by atoms with Crippen molar-refractivity contribution in [2.45, 2.75) is 61.8 Å². The van der Waals surface area contributed by atoms with E-state index in [-0.39, 0.29) is 16.3 Å². The highest BCUT2D eigenvalue weighted by molar-refractivity contribution is 7.89. The largest absolute Gasteiger partial charge is 0.345 e. The Morgan fingerprint density at radius 2 is 1.73 bits per heavy atom. The van der Waals surface area contributed by atoms with Crippen molar-refractivity contribution in [2.75, 3.05) is 19.6 Å². The van der Waals surface area contributed by atoms with Crippen molar-refractivity contribution in [2.24, 2.45) is 5.73 Å². The molecule has 1 aromatic carbocycles. The molecule has 1 aromatic rings. The minimum Gasteiger partial charge on any atom is -0.345 e. The first-order valence-electron chi connectivity index (χ1n) is 9.60. The Bertz CT molecular complexity index is 734. The topological polar surface area (TPSA) is 92.5 Å². The highest BCUT2D eigenvalue weighted by Crippen LogP contribution is 2.29. The van der Waals surface area contributed by atoms with E-state index in [1.165, 1.54) is 6.07 Å². The molecule has 1 heterocycles. The zero-order chi connectivity index (χ0) is 18.6. The summed E-state index contributed by atoms with van der Waals surface area (Å²) in [4.78, 5) is 12.9. The Morgan fingerprint density at radius 1 is 1.08 bits per heavy atom. The number of nitrogens with zero attached hydrogens (tertiary/aromatic N) is 1. The third-order valence-corrected chi connectivity index (χ3v) is 7.52. The molecule has 1 saturated heterocycles. The Balaban J connectivity index is 1.80. The summed E-state index contributed by atoms with van der Waals surface area (Å²) in [5.74, 6) is -0.245. The zero-order valence-electron chi connectivity index (χ0n) is 15.2. The lowest BCUT2D eigenvalue weighted by Crippen LogP contribution is -2.51. The second kappa shape index (κ2) is 8.06. The van der Waals surface area contributed by atoms with Crippen molar-refractivity contribution in [3.63, 3.8) is 0 Å². The highest BCUT2D eigenvalue weighted by Gasteiger charge is 2.34. The number of carbonyl (C=O) groups excluding carboxylic acids is 1. The van der Waals surface area contributed by atoms with E-state index in [9.17, 15) is 13.2 Å². The quantitative estimate of drug-likeness (QED) is 0.821. The molecule has 6 nitrogen and oxygen atoms in total. The number of amides is 1. The average molecular weight is 380 g/mol. The van der Waals surface area contributed by atoms with Gasteiger partial charge in [-0.15, -0.1) is 0 Å². The summed E-state index contributed by atoms with van der Waals surface area (Å²) < 4.78 is 27.5. The van der Waals surface area contributed by atoms with Crippen LogP contribution in [0.15, 0.2) is 29.2 Å². The van der Waals surface area contributed by atoms with E-state index in [2.05, 4.69) is 5.32 Å². The maximum absolute atomic E-state index is 13.0. The third kappa shape index (κ3) is 4.10. The van der Waals surface area contributed by atoms with E-state index in [0.29, 0.717) is 25.2 Å². The lowest BCUT2D eigenvalue weighted by Gasteiger charge is -2.28. The molecule has 3 rings (SSSR count). The predicted octanol–water partition coefficient (Wildman–Crippen LogP) is 2.25. The zero-order valence-corrected chi connectivity index (χ0v) is 16.1. The van der Waals surface area contributed by atoms with Gasteiger partial charge >= 0.3 is 0 Å². The number of nitrogens with two attached hydrogens (primary N) is 1. The van der Waals surface area contributed by atoms with Crippen LogP contribution in [-0.2, 0) is 10.0 Å². The van der Waals surface area contributed by atoms with Gasteiger partial charge in [0.05, 0.1) is 10.4 Å². The van der Waals surface area contributed by atoms with Crippen molar-refractivity contribution in [3.05, 3.63) is 29.8 Å². The summed E-state index contributed by atoms with van der Waals surface area (Å²) in [6.07, 6.45) is 7.77. The minimum absolute atomic E-state index is 0.195. The van der Waals surface area contributed by atoms with Crippen molar-refractivity contribution in [1.29, 1.82) is 0 Å². The van der Waals surface area contributed by atoms with Crippen molar-refractivity contribution >= 4 is 15.9 Å². The molecule has 1 amide bonds. The number of nitrogens with one attached hydrogen (secondary N) is 1. The molecule has 2 fully saturated rings. The first kappa shape index (κ1) is 19.3. The summed E-state index contributed by atoms with van der Waals surface area (Å²) in [5, 5.41) is 3.05. The van der Waals surface area contributed by atoms with E-state index in [1.54, 1.807) is 22.5 Å². The molecule has 1 saturated carbocycles. The lowest BCUT2D eigenvalue weighted by molar-refractivity contribution is 0.0903. The van der Waals surface area contributed by atoms with Crippen LogP contribution in [-0.4, -0.2) is 43.8 Å². The molecule has 0 atom stereocenters. The Kier molecular flexibility index (Phi) is 5.99. The van der Waals surface area contributed by atoms with Crippen LogP contribution in [0.3, 0.4) is 0 Å². The Morgan fingerprint density at radius 3 is 2.35 bits per heavy atom. The van der Waals surface area contributed by atoms with E-state index < -0.39 is 10.0 Å². The average Bonchev–Trinajstić information content (AvgIpc) is 2.93. The van der Waals surface area contributed by atoms with Crippen molar-refractivity contribution < 1.29 is 13.2 Å². The van der Waals surface area contributed by atoms with Gasteiger partial charge in [0.25, 0.3) is 5.91 Å². The maximum Gasteiger partial charge on any atom is 0.251 e. The number of hydrogen-bond acceptors (Lipinski definition) is 4. The highest BCUT2D eigenvalue weighted by atomic mass is 32.2. The van der Waals surface area contributed by atoms with Gasteiger partial charge in [0.1, 0.15) is 0 Å². The summed E-state index contributed by atoms with van der Waals surface area (Å²) in [7, 11) is -3.56. The van der Waals surface area contributed by atoms with Gasteiger partial charge < -0.3 is 11.1 Å². The number of sulfonamides is 1. The first-order chi connectivity index (χ1) is 12.5. The monoisotopic (exact) mass is 379 g/mol. The van der Waals surface area contributed by atoms with Crippen LogP contribution in [0, 0.1) is 0 Å². The fraction of sp³-hybridized carbons (Fsp3) is 0.632. The summed E-state index contributed by atoms with van der Waals surface area (Å²) in [6, 6.07) is 6.37. The SMILES string of the molecule is NCC1(NC(=O)c2cccc(S(=O)(=O)N3CCCCCC3)c2)CCCC1. The molecule has 1 aliphatic heterocycles. The second-order valence-corrected chi connectivity index (χ2v) is 9.43. The third-order valence-electron chi connectivity index (χ3n) is 5.63. The molecule has 144 valence electrons. The van der Waals surface area contributed by atoms with E-state index in [4.69, 9.17) is 5.73 Å². The Hall–Kier alpha value is -1.44. The van der Waals surface area contributed by atoms with Gasteiger partial charge in [-0.05, 0) is 43.9 Å². The van der Waals surface area contributed by atoms with Crippen LogP contribution in [0.2, 0.25) is 0 Å². The van der Waals surface area contributed by atoms with Crippen LogP contribution in [0.4, 0.5) is 0 Å². The normalized spacial score (nSPS) is 21.3. The first-order valence-corrected chi connectivity index (χ1v) is 11.0. The maximum atomic E-state index is 13.0. The molecule has 0 aromatic heterocycles. The van der Waals surface area contributed by atoms with Crippen molar-refractivity contribution in [3.8, 4) is 0 Å². The molecule has 1 aliphatic carbocycles. The van der Waals surface area contributed by atoms with E-state index >= 15 is 0 Å². The van der Waals surface area contributed by atoms with Crippen LogP contribution < -0.4 is 11.1 Å². The van der Waals surface area contributed by atoms with Gasteiger partial charge in [-0.25, -0.2) is 8.42 Å². The van der Waals surface area contributed by atoms with E-state index in [0.717, 1.165) is 51.4 Å². The van der Waals surface area contributed by atoms with E-state index in [1.807, 2.05) is 0 Å². The molecule has 26 heavy (non-hydrogen) atoms.